The molecule has 100 valence electrons. The first-order chi connectivity index (χ1) is 9.24. The van der Waals surface area contributed by atoms with E-state index in [2.05, 4.69) is 27.1 Å². The summed E-state index contributed by atoms with van der Waals surface area (Å²) in [6.45, 7) is 4.26. The molecular formula is C14H19N5. The second-order valence-corrected chi connectivity index (χ2v) is 5.34. The number of aromatic nitrogens is 4. The van der Waals surface area contributed by atoms with Gasteiger partial charge in [-0.05, 0) is 33.4 Å². The molecule has 1 unspecified atom stereocenters. The average molecular weight is 257 g/mol. The van der Waals surface area contributed by atoms with Gasteiger partial charge in [0, 0.05) is 29.9 Å². The van der Waals surface area contributed by atoms with Crippen LogP contribution in [0.15, 0.2) is 18.6 Å². The van der Waals surface area contributed by atoms with Crippen molar-refractivity contribution in [3.63, 3.8) is 0 Å². The van der Waals surface area contributed by atoms with Crippen molar-refractivity contribution in [3.8, 4) is 11.3 Å². The summed E-state index contributed by atoms with van der Waals surface area (Å²) < 4.78 is 0. The molecule has 3 rings (SSSR count). The number of hydrogen-bond acceptors (Lipinski definition) is 4. The molecule has 0 amide bonds. The fourth-order valence-corrected chi connectivity index (χ4v) is 2.72. The van der Waals surface area contributed by atoms with Gasteiger partial charge in [-0.1, -0.05) is 0 Å². The van der Waals surface area contributed by atoms with Crippen LogP contribution in [0.3, 0.4) is 0 Å². The van der Waals surface area contributed by atoms with Crippen LogP contribution in [0.1, 0.15) is 30.1 Å². The summed E-state index contributed by atoms with van der Waals surface area (Å²) >= 11 is 0. The Hall–Kier alpha value is -1.75. The number of rotatable bonds is 2. The predicted octanol–water partition coefficient (Wildman–Crippen LogP) is 1.98. The van der Waals surface area contributed by atoms with Crippen LogP contribution in [0.2, 0.25) is 0 Å². The Bertz CT molecular complexity index is 562. The van der Waals surface area contributed by atoms with E-state index in [9.17, 15) is 0 Å². The van der Waals surface area contributed by atoms with Crippen LogP contribution >= 0.6 is 0 Å². The standard InChI is InChI=1S/C14H19N5/c1-10-12(6-16-18-10)14-8-15-7-13(17-14)11-4-3-5-19(2)9-11/h6-8,11H,3-5,9H2,1-2H3,(H,16,18). The first-order valence-electron chi connectivity index (χ1n) is 6.75. The van der Waals surface area contributed by atoms with Crippen LogP contribution in [0.5, 0.6) is 0 Å². The first-order valence-corrected chi connectivity index (χ1v) is 6.75. The third-order valence-corrected chi connectivity index (χ3v) is 3.80. The lowest BCUT2D eigenvalue weighted by molar-refractivity contribution is 0.248. The van der Waals surface area contributed by atoms with Gasteiger partial charge in [-0.3, -0.25) is 10.1 Å². The predicted molar refractivity (Wildman–Crippen MR) is 73.8 cm³/mol. The number of likely N-dealkylation sites (tertiary alicyclic amines) is 1. The van der Waals surface area contributed by atoms with Gasteiger partial charge >= 0.3 is 0 Å². The van der Waals surface area contributed by atoms with E-state index in [0.29, 0.717) is 5.92 Å². The minimum Gasteiger partial charge on any atom is -0.306 e. The zero-order chi connectivity index (χ0) is 13.2. The molecule has 1 aliphatic rings. The second-order valence-electron chi connectivity index (χ2n) is 5.34. The van der Waals surface area contributed by atoms with Crippen molar-refractivity contribution in [1.29, 1.82) is 0 Å². The van der Waals surface area contributed by atoms with Crippen LogP contribution in [0.4, 0.5) is 0 Å². The molecule has 2 aromatic heterocycles. The van der Waals surface area contributed by atoms with E-state index in [4.69, 9.17) is 4.98 Å². The zero-order valence-electron chi connectivity index (χ0n) is 11.4. The van der Waals surface area contributed by atoms with E-state index in [0.717, 1.165) is 29.2 Å². The van der Waals surface area contributed by atoms with Gasteiger partial charge in [-0.25, -0.2) is 4.98 Å². The first kappa shape index (κ1) is 12.3. The lowest BCUT2D eigenvalue weighted by atomic mass is 9.95. The highest BCUT2D eigenvalue weighted by Crippen LogP contribution is 2.26. The van der Waals surface area contributed by atoms with Gasteiger partial charge in [0.25, 0.3) is 0 Å². The van der Waals surface area contributed by atoms with Crippen LogP contribution in [-0.2, 0) is 0 Å². The van der Waals surface area contributed by atoms with Crippen molar-refractivity contribution in [3.05, 3.63) is 30.0 Å². The molecule has 3 heterocycles. The lowest BCUT2D eigenvalue weighted by Gasteiger charge is -2.29. The van der Waals surface area contributed by atoms with Crippen molar-refractivity contribution >= 4 is 0 Å². The van der Waals surface area contributed by atoms with Crippen LogP contribution in [-0.4, -0.2) is 45.2 Å². The number of aryl methyl sites for hydroxylation is 1. The van der Waals surface area contributed by atoms with Crippen molar-refractivity contribution in [2.24, 2.45) is 0 Å². The smallest absolute Gasteiger partial charge is 0.0922 e. The van der Waals surface area contributed by atoms with E-state index in [1.165, 1.54) is 19.4 Å². The summed E-state index contributed by atoms with van der Waals surface area (Å²) in [7, 11) is 2.17. The molecule has 2 aromatic rings. The Morgan fingerprint density at radius 1 is 1.32 bits per heavy atom. The number of nitrogens with zero attached hydrogens (tertiary/aromatic N) is 4. The molecular weight excluding hydrogens is 238 g/mol. The zero-order valence-corrected chi connectivity index (χ0v) is 11.4. The second kappa shape index (κ2) is 5.09. The van der Waals surface area contributed by atoms with Gasteiger partial charge in [0.05, 0.1) is 23.8 Å². The Balaban J connectivity index is 1.90. The summed E-state index contributed by atoms with van der Waals surface area (Å²) in [5.74, 6) is 0.499. The van der Waals surface area contributed by atoms with E-state index < -0.39 is 0 Å². The van der Waals surface area contributed by atoms with Gasteiger partial charge < -0.3 is 4.90 Å². The molecule has 0 spiro atoms. The van der Waals surface area contributed by atoms with Crippen molar-refractivity contribution in [2.75, 3.05) is 20.1 Å². The van der Waals surface area contributed by atoms with Gasteiger partial charge in [0.1, 0.15) is 0 Å². The molecule has 1 aliphatic heterocycles. The molecule has 5 nitrogen and oxygen atoms in total. The van der Waals surface area contributed by atoms with E-state index in [1.807, 2.05) is 25.5 Å². The summed E-state index contributed by atoms with van der Waals surface area (Å²) in [4.78, 5) is 11.5. The number of piperidine rings is 1. The number of nitrogens with one attached hydrogen (secondary N) is 1. The van der Waals surface area contributed by atoms with Crippen molar-refractivity contribution < 1.29 is 0 Å². The molecule has 0 bridgehead atoms. The quantitative estimate of drug-likeness (QED) is 0.893. The van der Waals surface area contributed by atoms with Crippen molar-refractivity contribution in [1.82, 2.24) is 25.1 Å². The summed E-state index contributed by atoms with van der Waals surface area (Å²) in [6.07, 6.45) is 7.97. The van der Waals surface area contributed by atoms with E-state index in [1.54, 1.807) is 0 Å². The SMILES string of the molecule is Cc1[nH]ncc1-c1cncc(C2CCCN(C)C2)n1. The lowest BCUT2D eigenvalue weighted by Crippen LogP contribution is -2.31. The maximum Gasteiger partial charge on any atom is 0.0922 e. The molecule has 1 N–H and O–H groups in total. The minimum atomic E-state index is 0.499. The van der Waals surface area contributed by atoms with E-state index in [-0.39, 0.29) is 0 Å². The van der Waals surface area contributed by atoms with Gasteiger partial charge in [0.2, 0.25) is 0 Å². The average Bonchev–Trinajstić information content (AvgIpc) is 2.85. The summed E-state index contributed by atoms with van der Waals surface area (Å²) in [5, 5.41) is 7.00. The number of likely N-dealkylation sites (N-methyl/N-ethyl adjacent to an activating group) is 1. The fourth-order valence-electron chi connectivity index (χ4n) is 2.72. The highest BCUT2D eigenvalue weighted by molar-refractivity contribution is 5.59. The minimum absolute atomic E-state index is 0.499. The Kier molecular flexibility index (Phi) is 3.29. The molecule has 0 saturated carbocycles. The molecule has 0 radical (unpaired) electrons. The molecule has 5 heteroatoms. The fraction of sp³-hybridized carbons (Fsp3) is 0.500. The number of hydrogen-bond donors (Lipinski definition) is 1. The number of aromatic amines is 1. The maximum absolute atomic E-state index is 4.78. The summed E-state index contributed by atoms with van der Waals surface area (Å²) in [5.41, 5.74) is 4.09. The monoisotopic (exact) mass is 257 g/mol. The van der Waals surface area contributed by atoms with Gasteiger partial charge in [-0.15, -0.1) is 0 Å². The highest BCUT2D eigenvalue weighted by atomic mass is 15.1. The van der Waals surface area contributed by atoms with Gasteiger partial charge in [0.15, 0.2) is 0 Å². The molecule has 1 fully saturated rings. The number of H-pyrrole nitrogens is 1. The van der Waals surface area contributed by atoms with Crippen LogP contribution in [0, 0.1) is 6.92 Å². The van der Waals surface area contributed by atoms with E-state index >= 15 is 0 Å². The van der Waals surface area contributed by atoms with Crippen LogP contribution < -0.4 is 0 Å². The molecule has 0 aromatic carbocycles. The third-order valence-electron chi connectivity index (χ3n) is 3.80. The Morgan fingerprint density at radius 3 is 2.95 bits per heavy atom. The maximum atomic E-state index is 4.78. The molecule has 1 saturated heterocycles. The molecule has 19 heavy (non-hydrogen) atoms. The van der Waals surface area contributed by atoms with Crippen LogP contribution in [0.25, 0.3) is 11.3 Å². The Morgan fingerprint density at radius 2 is 2.21 bits per heavy atom. The highest BCUT2D eigenvalue weighted by Gasteiger charge is 2.21. The third kappa shape index (κ3) is 2.51. The summed E-state index contributed by atoms with van der Waals surface area (Å²) in [6, 6.07) is 0. The van der Waals surface area contributed by atoms with Gasteiger partial charge in [-0.2, -0.15) is 5.10 Å². The molecule has 1 atom stereocenters. The largest absolute Gasteiger partial charge is 0.306 e. The normalized spacial score (nSPS) is 20.6. The van der Waals surface area contributed by atoms with Crippen molar-refractivity contribution in [2.45, 2.75) is 25.7 Å². The topological polar surface area (TPSA) is 57.7 Å². The Labute approximate surface area is 113 Å². The molecule has 0 aliphatic carbocycles.